The lowest BCUT2D eigenvalue weighted by atomic mass is 10.3. The molecule has 0 bridgehead atoms. The van der Waals surface area contributed by atoms with Crippen LogP contribution in [0.3, 0.4) is 0 Å². The van der Waals surface area contributed by atoms with Gasteiger partial charge in [0.2, 0.25) is 5.91 Å². The number of fused-ring (bicyclic) bond motifs is 1. The fourth-order valence-electron chi connectivity index (χ4n) is 2.24. The fourth-order valence-corrected chi connectivity index (χ4v) is 2.40. The number of nitrogens with one attached hydrogen (secondary N) is 1. The molecule has 1 aromatic heterocycles. The Morgan fingerprint density at radius 2 is 2.04 bits per heavy atom. The third-order valence-corrected chi connectivity index (χ3v) is 3.58. The number of carbonyl (C=O) groups excluding carboxylic acids is 1. The molecule has 0 spiro atoms. The number of hydrogen-bond donors (Lipinski definition) is 1. The lowest BCUT2D eigenvalue weighted by molar-refractivity contribution is -0.116. The van der Waals surface area contributed by atoms with Gasteiger partial charge in [-0.3, -0.25) is 9.36 Å². The van der Waals surface area contributed by atoms with Crippen LogP contribution in [0.5, 0.6) is 0 Å². The molecule has 0 aliphatic rings. The van der Waals surface area contributed by atoms with E-state index >= 15 is 0 Å². The van der Waals surface area contributed by atoms with Crippen LogP contribution in [0.1, 0.15) is 6.42 Å². The second kappa shape index (κ2) is 6.26. The van der Waals surface area contributed by atoms with E-state index in [0.717, 1.165) is 0 Å². The Kier molecular flexibility index (Phi) is 4.16. The van der Waals surface area contributed by atoms with Crippen LogP contribution >= 0.6 is 11.6 Å². The van der Waals surface area contributed by atoms with Crippen LogP contribution in [-0.4, -0.2) is 10.5 Å². The summed E-state index contributed by atoms with van der Waals surface area (Å²) in [5.41, 5.74) is 1.02. The first-order chi connectivity index (χ1) is 11.0. The number of para-hydroxylation sites is 1. The lowest BCUT2D eigenvalue weighted by Gasteiger charge is -2.06. The molecule has 0 saturated heterocycles. The number of carbonyl (C=O) groups is 1. The zero-order valence-corrected chi connectivity index (χ0v) is 12.6. The Hall–Kier alpha value is -2.60. The minimum Gasteiger partial charge on any atom is -0.408 e. The van der Waals surface area contributed by atoms with Crippen molar-refractivity contribution in [2.75, 3.05) is 5.32 Å². The molecule has 118 valence electrons. The van der Waals surface area contributed by atoms with E-state index < -0.39 is 17.5 Å². The van der Waals surface area contributed by atoms with Gasteiger partial charge >= 0.3 is 5.76 Å². The maximum atomic E-state index is 13.5. The summed E-state index contributed by atoms with van der Waals surface area (Å²) in [5, 5.41) is 2.92. The average Bonchev–Trinajstić information content (AvgIpc) is 2.82. The summed E-state index contributed by atoms with van der Waals surface area (Å²) in [6.45, 7) is 0.119. The van der Waals surface area contributed by atoms with Gasteiger partial charge < -0.3 is 9.73 Å². The molecule has 3 aromatic rings. The molecule has 0 atom stereocenters. The van der Waals surface area contributed by atoms with Gasteiger partial charge in [-0.1, -0.05) is 23.7 Å². The first-order valence-corrected chi connectivity index (χ1v) is 7.25. The Morgan fingerprint density at radius 1 is 1.26 bits per heavy atom. The highest BCUT2D eigenvalue weighted by Crippen LogP contribution is 2.19. The van der Waals surface area contributed by atoms with Gasteiger partial charge in [0.05, 0.1) is 11.2 Å². The van der Waals surface area contributed by atoms with Crippen LogP contribution in [0.2, 0.25) is 5.02 Å². The van der Waals surface area contributed by atoms with Crippen LogP contribution in [0.4, 0.5) is 10.1 Å². The predicted octanol–water partition coefficient (Wildman–Crippen LogP) is 3.42. The first kappa shape index (κ1) is 15.3. The monoisotopic (exact) mass is 334 g/mol. The maximum Gasteiger partial charge on any atom is 0.419 e. The lowest BCUT2D eigenvalue weighted by Crippen LogP contribution is -2.20. The van der Waals surface area contributed by atoms with Gasteiger partial charge in [0.15, 0.2) is 5.58 Å². The van der Waals surface area contributed by atoms with Crippen molar-refractivity contribution < 1.29 is 13.6 Å². The van der Waals surface area contributed by atoms with Crippen molar-refractivity contribution in [2.24, 2.45) is 0 Å². The zero-order valence-electron chi connectivity index (χ0n) is 11.9. The standard InChI is InChI=1S/C16H12ClFN2O3/c17-10-5-6-13-14(9-10)23-16(22)20(13)8-7-15(21)19-12-4-2-1-3-11(12)18/h1-6,9H,7-8H2,(H,19,21). The number of anilines is 1. The van der Waals surface area contributed by atoms with Gasteiger partial charge in [-0.05, 0) is 24.3 Å². The van der Waals surface area contributed by atoms with Crippen LogP contribution in [0.15, 0.2) is 51.7 Å². The van der Waals surface area contributed by atoms with E-state index in [-0.39, 0.29) is 18.7 Å². The Morgan fingerprint density at radius 3 is 2.83 bits per heavy atom. The van der Waals surface area contributed by atoms with Gasteiger partial charge in [-0.2, -0.15) is 0 Å². The molecular formula is C16H12ClFN2O3. The molecule has 2 aromatic carbocycles. The topological polar surface area (TPSA) is 64.2 Å². The zero-order chi connectivity index (χ0) is 16.4. The molecular weight excluding hydrogens is 323 g/mol. The molecule has 5 nitrogen and oxygen atoms in total. The molecule has 0 unspecified atom stereocenters. The Bertz CT molecular complexity index is 932. The summed E-state index contributed by atoms with van der Waals surface area (Å²) >= 11 is 5.84. The summed E-state index contributed by atoms with van der Waals surface area (Å²) in [5.74, 6) is -1.48. The Labute approximate surface area is 135 Å². The van der Waals surface area contributed by atoms with Gasteiger partial charge in [0, 0.05) is 24.1 Å². The summed E-state index contributed by atoms with van der Waals surface area (Å²) in [6, 6.07) is 10.7. The van der Waals surface area contributed by atoms with Crippen LogP contribution in [0.25, 0.3) is 11.1 Å². The van der Waals surface area contributed by atoms with E-state index in [1.165, 1.54) is 28.8 Å². The molecule has 0 aliphatic heterocycles. The number of benzene rings is 2. The maximum absolute atomic E-state index is 13.5. The number of oxazole rings is 1. The second-order valence-corrected chi connectivity index (χ2v) is 5.35. The minimum absolute atomic E-state index is 0.00546. The fraction of sp³-hybridized carbons (Fsp3) is 0.125. The number of amides is 1. The Balaban J connectivity index is 1.73. The largest absolute Gasteiger partial charge is 0.419 e. The number of aromatic nitrogens is 1. The summed E-state index contributed by atoms with van der Waals surface area (Å²) in [4.78, 5) is 23.8. The third-order valence-electron chi connectivity index (χ3n) is 3.34. The van der Waals surface area contributed by atoms with Crippen molar-refractivity contribution in [3.05, 3.63) is 63.9 Å². The second-order valence-electron chi connectivity index (χ2n) is 4.91. The van der Waals surface area contributed by atoms with Gasteiger partial charge in [0.25, 0.3) is 0 Å². The summed E-state index contributed by atoms with van der Waals surface area (Å²) < 4.78 is 19.9. The van der Waals surface area contributed by atoms with Gasteiger partial charge in [0.1, 0.15) is 5.82 Å². The van der Waals surface area contributed by atoms with E-state index in [2.05, 4.69) is 5.32 Å². The molecule has 23 heavy (non-hydrogen) atoms. The summed E-state index contributed by atoms with van der Waals surface area (Å²) in [7, 11) is 0. The molecule has 0 aliphatic carbocycles. The molecule has 0 radical (unpaired) electrons. The van der Waals surface area contributed by atoms with E-state index in [0.29, 0.717) is 16.1 Å². The van der Waals surface area contributed by atoms with Crippen molar-refractivity contribution in [2.45, 2.75) is 13.0 Å². The number of halogens is 2. The predicted molar refractivity (Wildman–Crippen MR) is 85.1 cm³/mol. The normalized spacial score (nSPS) is 10.9. The van der Waals surface area contributed by atoms with Crippen molar-refractivity contribution in [1.82, 2.24) is 4.57 Å². The SMILES string of the molecule is O=C(CCn1c(=O)oc2cc(Cl)ccc21)Nc1ccccc1F. The van der Waals surface area contributed by atoms with Gasteiger partial charge in [-0.15, -0.1) is 0 Å². The average molecular weight is 335 g/mol. The van der Waals surface area contributed by atoms with Crippen molar-refractivity contribution in [1.29, 1.82) is 0 Å². The molecule has 0 saturated carbocycles. The number of aryl methyl sites for hydroxylation is 1. The van der Waals surface area contributed by atoms with E-state index in [4.69, 9.17) is 16.0 Å². The highest BCUT2D eigenvalue weighted by Gasteiger charge is 2.12. The van der Waals surface area contributed by atoms with E-state index in [1.54, 1.807) is 18.2 Å². The third kappa shape index (κ3) is 3.27. The van der Waals surface area contributed by atoms with Crippen molar-refractivity contribution in [3.63, 3.8) is 0 Å². The van der Waals surface area contributed by atoms with E-state index in [9.17, 15) is 14.0 Å². The van der Waals surface area contributed by atoms with Crippen molar-refractivity contribution >= 4 is 34.3 Å². The molecule has 0 fully saturated rings. The highest BCUT2D eigenvalue weighted by molar-refractivity contribution is 6.31. The van der Waals surface area contributed by atoms with Gasteiger partial charge in [-0.25, -0.2) is 9.18 Å². The quantitative estimate of drug-likeness (QED) is 0.795. The summed E-state index contributed by atoms with van der Waals surface area (Å²) in [6.07, 6.45) is 0.00546. The molecule has 1 N–H and O–H groups in total. The van der Waals surface area contributed by atoms with E-state index in [1.807, 2.05) is 0 Å². The number of nitrogens with zero attached hydrogens (tertiary/aromatic N) is 1. The van der Waals surface area contributed by atoms with Crippen molar-refractivity contribution in [3.8, 4) is 0 Å². The molecule has 1 heterocycles. The number of hydrogen-bond acceptors (Lipinski definition) is 3. The van der Waals surface area contributed by atoms with Crippen LogP contribution < -0.4 is 11.1 Å². The highest BCUT2D eigenvalue weighted by atomic mass is 35.5. The molecule has 7 heteroatoms. The molecule has 1 amide bonds. The number of rotatable bonds is 4. The van der Waals surface area contributed by atoms with Crippen LogP contribution in [-0.2, 0) is 11.3 Å². The first-order valence-electron chi connectivity index (χ1n) is 6.88. The minimum atomic E-state index is -0.569. The smallest absolute Gasteiger partial charge is 0.408 e. The molecule has 3 rings (SSSR count). The van der Waals surface area contributed by atoms with Crippen LogP contribution in [0, 0.1) is 5.82 Å².